The summed E-state index contributed by atoms with van der Waals surface area (Å²) in [5.74, 6) is -1.77. The van der Waals surface area contributed by atoms with Gasteiger partial charge >= 0.3 is 11.9 Å². The Kier molecular flexibility index (Phi) is 13.4. The molecule has 3 aliphatic heterocycles. The molecular weight excluding hydrogens is 865 g/mol. The van der Waals surface area contributed by atoms with Gasteiger partial charge in [0.05, 0.1) is 24.2 Å². The van der Waals surface area contributed by atoms with E-state index in [1.165, 1.54) is 12.5 Å². The predicted octanol–water partition coefficient (Wildman–Crippen LogP) is 1.83. The minimum absolute atomic E-state index is 0.00446. The van der Waals surface area contributed by atoms with E-state index >= 15 is 0 Å². The molecule has 66 heavy (non-hydrogen) atoms. The van der Waals surface area contributed by atoms with Crippen LogP contribution in [0.5, 0.6) is 0 Å². The van der Waals surface area contributed by atoms with Crippen LogP contribution in [0.3, 0.4) is 0 Å². The first-order valence-electron chi connectivity index (χ1n) is 24.2. The van der Waals surface area contributed by atoms with E-state index in [0.717, 1.165) is 44.9 Å². The lowest BCUT2D eigenvalue weighted by Crippen LogP contribution is -2.67. The van der Waals surface area contributed by atoms with Gasteiger partial charge in [-0.3, -0.25) is 4.79 Å². The molecule has 23 atom stereocenters. The van der Waals surface area contributed by atoms with Gasteiger partial charge < -0.3 is 79.5 Å². The minimum atomic E-state index is -2.00. The van der Waals surface area contributed by atoms with Crippen LogP contribution >= 0.6 is 0 Å². The minimum Gasteiger partial charge on any atom is -0.481 e. The van der Waals surface area contributed by atoms with E-state index in [-0.39, 0.29) is 33.5 Å². The Labute approximate surface area is 386 Å². The smallest absolute Gasteiger partial charge is 0.335 e. The van der Waals surface area contributed by atoms with Gasteiger partial charge in [0, 0.05) is 0 Å². The van der Waals surface area contributed by atoms with Crippen molar-refractivity contribution in [3.8, 4) is 0 Å². The highest BCUT2D eigenvalue weighted by Gasteiger charge is 2.70. The summed E-state index contributed by atoms with van der Waals surface area (Å²) >= 11 is 0. The van der Waals surface area contributed by atoms with Gasteiger partial charge in [-0.15, -0.1) is 0 Å². The zero-order chi connectivity index (χ0) is 48.4. The normalized spacial score (nSPS) is 53.3. The molecule has 376 valence electrons. The van der Waals surface area contributed by atoms with Crippen LogP contribution < -0.4 is 0 Å². The monoisotopic (exact) mass is 941 g/mol. The Balaban J connectivity index is 0.958. The maximum absolute atomic E-state index is 13.1. The first-order valence-corrected chi connectivity index (χ1v) is 24.2. The highest BCUT2D eigenvalue weighted by atomic mass is 16.8. The maximum atomic E-state index is 13.1. The first-order chi connectivity index (χ1) is 30.7. The van der Waals surface area contributed by atoms with Gasteiger partial charge in [0.25, 0.3) is 0 Å². The maximum Gasteiger partial charge on any atom is 0.335 e. The molecule has 8 aliphatic rings. The number of rotatable bonds is 9. The zero-order valence-corrected chi connectivity index (χ0v) is 39.6. The second-order valence-electron chi connectivity index (χ2n) is 23.5. The van der Waals surface area contributed by atoms with Crippen molar-refractivity contribution < 1.29 is 89.1 Å². The van der Waals surface area contributed by atoms with E-state index in [4.69, 9.17) is 28.4 Å². The molecule has 0 aromatic carbocycles. The summed E-state index contributed by atoms with van der Waals surface area (Å²) in [5, 5.41) is 107. The van der Waals surface area contributed by atoms with Crippen LogP contribution in [0.1, 0.15) is 120 Å². The van der Waals surface area contributed by atoms with E-state index in [2.05, 4.69) is 54.5 Å². The molecule has 18 nitrogen and oxygen atoms in total. The number of aliphatic carboxylic acids is 2. The molecule has 0 radical (unpaired) electrons. The quantitative estimate of drug-likeness (QED) is 0.117. The van der Waals surface area contributed by atoms with Crippen LogP contribution in [-0.2, 0) is 38.0 Å². The molecule has 3 saturated heterocycles. The van der Waals surface area contributed by atoms with Crippen molar-refractivity contribution in [1.29, 1.82) is 0 Å². The van der Waals surface area contributed by atoms with Crippen LogP contribution in [0.4, 0.5) is 0 Å². The van der Waals surface area contributed by atoms with Crippen molar-refractivity contribution in [2.75, 3.05) is 6.61 Å². The number of aliphatic hydroxyl groups is 8. The highest BCUT2D eigenvalue weighted by molar-refractivity contribution is 5.76. The van der Waals surface area contributed by atoms with E-state index in [1.807, 2.05) is 0 Å². The molecule has 0 spiro atoms. The Morgan fingerprint density at radius 3 is 1.89 bits per heavy atom. The van der Waals surface area contributed by atoms with Crippen LogP contribution in [0.2, 0.25) is 0 Å². The molecule has 0 aromatic heterocycles. The lowest BCUT2D eigenvalue weighted by atomic mass is 9.33. The number of hydrogen-bond acceptors (Lipinski definition) is 16. The SMILES string of the molecule is C[C@@H]1O[C@@H](O[C@H]2[C@H](O)[C@@H](O)[C@H](O[C@H]3[C@H](O)[C@@H](O)[C@H](O[C@H]4CC[C@]5(C)[C@H]6CC=C7[C@H]8CC(C)(C)CC[C@]8(C(=O)O)CC[C@@]7(C)[C@]6(C)CC[C@H]5C4(C)C)O[C@@H]3C(=O)O)O[C@@H]2CO)[C@H](O)[C@H](O)[C@H]1O. The largest absolute Gasteiger partial charge is 0.481 e. The number of carbonyl (C=O) groups is 2. The Morgan fingerprint density at radius 1 is 0.667 bits per heavy atom. The van der Waals surface area contributed by atoms with Gasteiger partial charge in [0.2, 0.25) is 0 Å². The second-order valence-corrected chi connectivity index (χ2v) is 23.5. The van der Waals surface area contributed by atoms with Gasteiger partial charge in [-0.05, 0) is 116 Å². The number of fused-ring (bicyclic) bond motifs is 7. The Bertz CT molecular complexity index is 1860. The summed E-state index contributed by atoms with van der Waals surface area (Å²) in [4.78, 5) is 25.9. The molecule has 0 amide bonds. The molecule has 0 aromatic rings. The third-order valence-corrected chi connectivity index (χ3v) is 19.3. The summed E-state index contributed by atoms with van der Waals surface area (Å²) < 4.78 is 35.0. The third kappa shape index (κ3) is 7.74. The predicted molar refractivity (Wildman–Crippen MR) is 230 cm³/mol. The number of carboxylic acids is 2. The summed E-state index contributed by atoms with van der Waals surface area (Å²) in [6, 6.07) is 0. The van der Waals surface area contributed by atoms with Crippen molar-refractivity contribution in [3.63, 3.8) is 0 Å². The summed E-state index contributed by atoms with van der Waals surface area (Å²) in [6.45, 7) is 16.6. The third-order valence-electron chi connectivity index (χ3n) is 19.3. The van der Waals surface area contributed by atoms with E-state index in [0.29, 0.717) is 25.2 Å². The summed E-state index contributed by atoms with van der Waals surface area (Å²) in [5.41, 5.74) is -0.173. The fourth-order valence-corrected chi connectivity index (χ4v) is 15.1. The van der Waals surface area contributed by atoms with Crippen molar-refractivity contribution in [1.82, 2.24) is 0 Å². The van der Waals surface area contributed by atoms with Gasteiger partial charge in [-0.25, -0.2) is 4.79 Å². The van der Waals surface area contributed by atoms with Gasteiger partial charge in [0.1, 0.15) is 61.0 Å². The second kappa shape index (κ2) is 17.5. The highest BCUT2D eigenvalue weighted by Crippen LogP contribution is 2.76. The summed E-state index contributed by atoms with van der Waals surface area (Å²) in [6.07, 6.45) is -15.7. The Hall–Kier alpha value is -1.88. The van der Waals surface area contributed by atoms with Crippen LogP contribution in [0, 0.1) is 50.2 Å². The van der Waals surface area contributed by atoms with E-state index < -0.39 is 128 Å². The lowest BCUT2D eigenvalue weighted by Gasteiger charge is -2.71. The van der Waals surface area contributed by atoms with E-state index in [9.17, 15) is 60.7 Å². The van der Waals surface area contributed by atoms with Crippen LogP contribution in [0.15, 0.2) is 11.6 Å². The fraction of sp³-hybridized carbons (Fsp3) is 0.917. The van der Waals surface area contributed by atoms with Crippen molar-refractivity contribution >= 4 is 11.9 Å². The number of aliphatic hydroxyl groups excluding tert-OH is 8. The van der Waals surface area contributed by atoms with Crippen molar-refractivity contribution in [3.05, 3.63) is 11.6 Å². The van der Waals surface area contributed by atoms with Gasteiger partial charge in [-0.1, -0.05) is 60.1 Å². The molecule has 7 fully saturated rings. The number of allylic oxidation sites excluding steroid dienone is 2. The first kappa shape index (κ1) is 50.5. The molecular formula is C48H76O18. The molecule has 10 N–H and O–H groups in total. The molecule has 8 rings (SSSR count). The molecule has 18 heteroatoms. The lowest BCUT2D eigenvalue weighted by molar-refractivity contribution is -0.379. The van der Waals surface area contributed by atoms with E-state index in [1.54, 1.807) is 0 Å². The van der Waals surface area contributed by atoms with Crippen LogP contribution in [-0.4, -0.2) is 168 Å². The fourth-order valence-electron chi connectivity index (χ4n) is 15.1. The summed E-state index contributed by atoms with van der Waals surface area (Å²) in [7, 11) is 0. The molecule has 5 aliphatic carbocycles. The van der Waals surface area contributed by atoms with Crippen LogP contribution in [0.25, 0.3) is 0 Å². The molecule has 0 unspecified atom stereocenters. The number of hydrogen-bond donors (Lipinski definition) is 10. The average molecular weight is 941 g/mol. The van der Waals surface area contributed by atoms with Gasteiger partial charge in [0.15, 0.2) is 25.0 Å². The Morgan fingerprint density at radius 2 is 1.26 bits per heavy atom. The average Bonchev–Trinajstić information content (AvgIpc) is 3.24. The topological polar surface area (TPSA) is 292 Å². The number of carboxylic acid groups (broad SMARTS) is 2. The molecule has 0 bridgehead atoms. The van der Waals surface area contributed by atoms with Crippen molar-refractivity contribution in [2.45, 2.75) is 218 Å². The number of ether oxygens (including phenoxy) is 6. The van der Waals surface area contributed by atoms with Crippen molar-refractivity contribution in [2.24, 2.45) is 50.2 Å². The standard InChI is InChI=1S/C48H76O18/c1-21-28(50)29(51)32(54)39(61-21)64-35-24(20-49)62-40(33(55)30(35)52)65-36-31(53)34(56)41(66-37(36)38(57)58)63-27-12-13-45(6)25(44(27,4)5)11-14-47(8)26(45)10-9-22-23-19-43(2,3)15-17-48(23,42(59)60)18-16-46(22,47)7/h9,21,23-37,39-41,49-56H,10-20H2,1-8H3,(H,57,58)(H,59,60)/t21-,23+,24+,25-,26+,27-,28-,29+,30+,31+,32+,33+,34+,35+,36-,37-,39-,40-,41+,45-,46+,47+,48-/m0/s1. The zero-order valence-electron chi connectivity index (χ0n) is 39.6. The molecule has 4 saturated carbocycles. The molecule has 3 heterocycles. The van der Waals surface area contributed by atoms with Gasteiger partial charge in [-0.2, -0.15) is 0 Å².